The van der Waals surface area contributed by atoms with E-state index in [2.05, 4.69) is 4.74 Å². The third-order valence-corrected chi connectivity index (χ3v) is 4.55. The third kappa shape index (κ3) is 3.26. The van der Waals surface area contributed by atoms with Gasteiger partial charge >= 0.3 is 5.97 Å². The number of carbonyl (C=O) groups excluding carboxylic acids is 1. The maximum Gasteiger partial charge on any atom is 0.340 e. The summed E-state index contributed by atoms with van der Waals surface area (Å²) >= 11 is 0.584. The lowest BCUT2D eigenvalue weighted by atomic mass is 10.1. The average Bonchev–Trinajstić information content (AvgIpc) is 2.98. The average molecular weight is 366 g/mol. The molecule has 1 aromatic carbocycles. The van der Waals surface area contributed by atoms with E-state index in [4.69, 9.17) is 9.47 Å². The first kappa shape index (κ1) is 18.3. The maximum atomic E-state index is 14.4. The number of hydrogen-bond donors (Lipinski definition) is 0. The van der Waals surface area contributed by atoms with Crippen LogP contribution in [0.15, 0.2) is 12.1 Å². The first-order valence-electron chi connectivity index (χ1n) is 6.69. The molecule has 1 aromatic heterocycles. The van der Waals surface area contributed by atoms with Crippen LogP contribution in [-0.2, 0) is 15.5 Å². The van der Waals surface area contributed by atoms with Crippen LogP contribution in [0, 0.1) is 5.82 Å². The molecule has 2 aromatic rings. The van der Waals surface area contributed by atoms with E-state index < -0.39 is 35.2 Å². The lowest BCUT2D eigenvalue weighted by Gasteiger charge is -2.15. The highest BCUT2D eigenvalue weighted by Crippen LogP contribution is 2.45. The molecule has 0 aliphatic rings. The molecule has 4 nitrogen and oxygen atoms in total. The van der Waals surface area contributed by atoms with Crippen molar-refractivity contribution in [2.75, 3.05) is 21.3 Å². The minimum Gasteiger partial charge on any atom is -0.493 e. The Kier molecular flexibility index (Phi) is 5.22. The Bertz CT molecular complexity index is 760. The van der Waals surface area contributed by atoms with Crippen LogP contribution >= 0.6 is 11.3 Å². The number of fused-ring (bicyclic) bond motifs is 1. The van der Waals surface area contributed by atoms with Crippen molar-refractivity contribution in [1.29, 1.82) is 0 Å². The normalized spacial score (nSPS) is 13.0. The third-order valence-electron chi connectivity index (χ3n) is 3.36. The highest BCUT2D eigenvalue weighted by Gasteiger charge is 2.40. The smallest absolute Gasteiger partial charge is 0.340 e. The minimum absolute atomic E-state index is 0.0529. The molecule has 0 bridgehead atoms. The monoisotopic (exact) mass is 366 g/mol. The van der Waals surface area contributed by atoms with Crippen molar-refractivity contribution in [3.8, 4) is 11.5 Å². The van der Waals surface area contributed by atoms with Gasteiger partial charge in [0.15, 0.2) is 17.3 Å². The lowest BCUT2D eigenvalue weighted by molar-refractivity contribution is -0.150. The van der Waals surface area contributed by atoms with E-state index in [-0.39, 0.29) is 21.6 Å². The van der Waals surface area contributed by atoms with Gasteiger partial charge in [0.05, 0.1) is 32.6 Å². The molecular formula is C15H14F4O4S. The van der Waals surface area contributed by atoms with Crippen molar-refractivity contribution in [1.82, 2.24) is 0 Å². The summed E-state index contributed by atoms with van der Waals surface area (Å²) in [5, 5.41) is -0.0965. The number of methoxy groups -OCH3 is 3. The fourth-order valence-corrected chi connectivity index (χ4v) is 3.23. The number of carbonyl (C=O) groups is 1. The second-order valence-corrected chi connectivity index (χ2v) is 5.93. The van der Waals surface area contributed by atoms with Gasteiger partial charge in [-0.25, -0.2) is 22.4 Å². The Morgan fingerprint density at radius 2 is 1.92 bits per heavy atom. The van der Waals surface area contributed by atoms with Gasteiger partial charge in [-0.2, -0.15) is 0 Å². The second kappa shape index (κ2) is 6.84. The number of hydrogen-bond acceptors (Lipinski definition) is 5. The molecule has 1 heterocycles. The molecule has 0 aliphatic heterocycles. The summed E-state index contributed by atoms with van der Waals surface area (Å²) in [6.07, 6.45) is -3.87. The van der Waals surface area contributed by atoms with Gasteiger partial charge in [0, 0.05) is 16.2 Å². The quantitative estimate of drug-likeness (QED) is 0.572. The summed E-state index contributed by atoms with van der Waals surface area (Å²) in [5.74, 6) is -6.06. The zero-order valence-electron chi connectivity index (χ0n) is 13.0. The van der Waals surface area contributed by atoms with Crippen molar-refractivity contribution in [3.05, 3.63) is 22.8 Å². The van der Waals surface area contributed by atoms with Crippen LogP contribution in [-0.4, -0.2) is 33.5 Å². The van der Waals surface area contributed by atoms with Gasteiger partial charge < -0.3 is 14.2 Å². The molecule has 24 heavy (non-hydrogen) atoms. The predicted octanol–water partition coefficient (Wildman–Crippen LogP) is 4.05. The SMILES string of the molecule is COC(=O)[C@@H](F)CC(F)(F)c1cc2c(F)c(OC)c(OC)cc2s1. The fraction of sp³-hybridized carbons (Fsp3) is 0.400. The van der Waals surface area contributed by atoms with E-state index in [9.17, 15) is 22.4 Å². The summed E-state index contributed by atoms with van der Waals surface area (Å²) in [6.45, 7) is 0. The van der Waals surface area contributed by atoms with Crippen LogP contribution in [0.4, 0.5) is 17.6 Å². The van der Waals surface area contributed by atoms with Crippen molar-refractivity contribution in [2.45, 2.75) is 18.5 Å². The Hall–Kier alpha value is -2.03. The van der Waals surface area contributed by atoms with Crippen LogP contribution in [0.1, 0.15) is 11.3 Å². The standard InChI is InChI=1S/C15H14F4O4S/c1-21-9-5-10-7(12(17)13(9)22-2)4-11(24-10)15(18,19)6-8(16)14(20)23-3/h4-5,8H,6H2,1-3H3/t8-/m0/s1. The number of ether oxygens (including phenoxy) is 3. The molecule has 0 unspecified atom stereocenters. The van der Waals surface area contributed by atoms with Gasteiger partial charge in [-0.3, -0.25) is 0 Å². The highest BCUT2D eigenvalue weighted by atomic mass is 32.1. The van der Waals surface area contributed by atoms with Gasteiger partial charge in [-0.15, -0.1) is 11.3 Å². The number of benzene rings is 1. The Labute approximate surface area is 138 Å². The van der Waals surface area contributed by atoms with Gasteiger partial charge in [0.1, 0.15) is 0 Å². The molecule has 0 saturated heterocycles. The van der Waals surface area contributed by atoms with Crippen LogP contribution in [0.2, 0.25) is 0 Å². The van der Waals surface area contributed by atoms with Gasteiger partial charge in [0.25, 0.3) is 5.92 Å². The maximum absolute atomic E-state index is 14.4. The molecular weight excluding hydrogens is 352 g/mol. The van der Waals surface area contributed by atoms with E-state index in [1.165, 1.54) is 20.3 Å². The Balaban J connectivity index is 2.46. The zero-order valence-corrected chi connectivity index (χ0v) is 13.8. The number of alkyl halides is 3. The fourth-order valence-electron chi connectivity index (χ4n) is 2.16. The lowest BCUT2D eigenvalue weighted by Crippen LogP contribution is -2.25. The van der Waals surface area contributed by atoms with Gasteiger partial charge in [-0.1, -0.05) is 0 Å². The molecule has 0 amide bonds. The summed E-state index contributed by atoms with van der Waals surface area (Å²) in [6, 6.07) is 2.27. The summed E-state index contributed by atoms with van der Waals surface area (Å²) in [4.78, 5) is 10.4. The molecule has 0 N–H and O–H groups in total. The highest BCUT2D eigenvalue weighted by molar-refractivity contribution is 7.19. The number of halogens is 4. The van der Waals surface area contributed by atoms with Crippen LogP contribution in [0.3, 0.4) is 0 Å². The molecule has 1 atom stereocenters. The first-order valence-corrected chi connectivity index (χ1v) is 7.51. The molecule has 9 heteroatoms. The van der Waals surface area contributed by atoms with Crippen molar-refractivity contribution >= 4 is 27.4 Å². The van der Waals surface area contributed by atoms with Crippen molar-refractivity contribution < 1.29 is 36.6 Å². The van der Waals surface area contributed by atoms with Crippen LogP contribution < -0.4 is 9.47 Å². The number of esters is 1. The van der Waals surface area contributed by atoms with Gasteiger partial charge in [-0.05, 0) is 6.07 Å². The van der Waals surface area contributed by atoms with E-state index in [1.807, 2.05) is 0 Å². The number of rotatable bonds is 6. The topological polar surface area (TPSA) is 44.8 Å². The molecule has 0 aliphatic carbocycles. The number of thiophene rings is 1. The van der Waals surface area contributed by atoms with E-state index >= 15 is 0 Å². The minimum atomic E-state index is -3.66. The molecule has 0 spiro atoms. The van der Waals surface area contributed by atoms with E-state index in [1.54, 1.807) is 0 Å². The van der Waals surface area contributed by atoms with E-state index in [0.29, 0.717) is 11.3 Å². The zero-order chi connectivity index (χ0) is 18.1. The van der Waals surface area contributed by atoms with Crippen LogP contribution in [0.5, 0.6) is 11.5 Å². The second-order valence-electron chi connectivity index (χ2n) is 4.85. The summed E-state index contributed by atoms with van der Waals surface area (Å²) in [7, 11) is 3.41. The van der Waals surface area contributed by atoms with Crippen molar-refractivity contribution in [2.24, 2.45) is 0 Å². The Morgan fingerprint density at radius 3 is 2.46 bits per heavy atom. The molecule has 0 fully saturated rings. The predicted molar refractivity (Wildman–Crippen MR) is 80.3 cm³/mol. The Morgan fingerprint density at radius 1 is 1.25 bits per heavy atom. The molecule has 0 saturated carbocycles. The summed E-state index contributed by atoms with van der Waals surface area (Å²) in [5.41, 5.74) is 0. The van der Waals surface area contributed by atoms with Crippen LogP contribution in [0.25, 0.3) is 10.1 Å². The van der Waals surface area contributed by atoms with Gasteiger partial charge in [0.2, 0.25) is 6.17 Å². The summed E-state index contributed by atoms with van der Waals surface area (Å²) < 4.78 is 70.4. The van der Waals surface area contributed by atoms with E-state index in [0.717, 1.165) is 13.2 Å². The molecule has 132 valence electrons. The van der Waals surface area contributed by atoms with Crippen molar-refractivity contribution in [3.63, 3.8) is 0 Å². The molecule has 2 rings (SSSR count). The molecule has 0 radical (unpaired) electrons. The first-order chi connectivity index (χ1) is 11.2. The largest absolute Gasteiger partial charge is 0.493 e.